The number of aromatic nitrogens is 2. The van der Waals surface area contributed by atoms with Gasteiger partial charge in [-0.25, -0.2) is 4.98 Å². The van der Waals surface area contributed by atoms with Gasteiger partial charge in [0.05, 0.1) is 12.9 Å². The van der Waals surface area contributed by atoms with Gasteiger partial charge >= 0.3 is 0 Å². The lowest BCUT2D eigenvalue weighted by molar-refractivity contribution is -0.121. The van der Waals surface area contributed by atoms with Crippen LogP contribution in [0.5, 0.6) is 0 Å². The fourth-order valence-corrected chi connectivity index (χ4v) is 2.35. The normalized spacial score (nSPS) is 16.7. The van der Waals surface area contributed by atoms with Crippen LogP contribution in [-0.2, 0) is 11.3 Å². The zero-order chi connectivity index (χ0) is 12.6. The van der Waals surface area contributed by atoms with Gasteiger partial charge in [-0.3, -0.25) is 4.79 Å². The number of nitrogens with one attached hydrogen (secondary N) is 2. The van der Waals surface area contributed by atoms with E-state index in [1.54, 1.807) is 12.5 Å². The van der Waals surface area contributed by atoms with Crippen molar-refractivity contribution in [1.82, 2.24) is 20.2 Å². The Morgan fingerprint density at radius 3 is 2.89 bits per heavy atom. The second-order valence-corrected chi connectivity index (χ2v) is 4.88. The molecule has 1 aliphatic carbocycles. The van der Waals surface area contributed by atoms with E-state index in [-0.39, 0.29) is 5.91 Å². The number of nitrogens with zero attached hydrogens (tertiary/aromatic N) is 2. The van der Waals surface area contributed by atoms with Crippen molar-refractivity contribution in [2.45, 2.75) is 44.7 Å². The minimum absolute atomic E-state index is 0.118. The van der Waals surface area contributed by atoms with E-state index in [0.717, 1.165) is 25.9 Å². The molecule has 2 rings (SSSR count). The van der Waals surface area contributed by atoms with Crippen molar-refractivity contribution in [3.63, 3.8) is 0 Å². The van der Waals surface area contributed by atoms with Crippen LogP contribution in [-0.4, -0.2) is 34.6 Å². The predicted octanol–water partition coefficient (Wildman–Crippen LogP) is 0.922. The van der Waals surface area contributed by atoms with E-state index < -0.39 is 0 Å². The topological polar surface area (TPSA) is 59.0 Å². The summed E-state index contributed by atoms with van der Waals surface area (Å²) in [7, 11) is 0. The SMILES string of the molecule is O=C(CNCCn1ccnc1)NC1CCCCC1. The minimum atomic E-state index is 0.118. The van der Waals surface area contributed by atoms with Crippen LogP contribution >= 0.6 is 0 Å². The first-order valence-electron chi connectivity index (χ1n) is 6.80. The highest BCUT2D eigenvalue weighted by Crippen LogP contribution is 2.16. The zero-order valence-corrected chi connectivity index (χ0v) is 10.8. The van der Waals surface area contributed by atoms with Gasteiger partial charge in [0.15, 0.2) is 0 Å². The van der Waals surface area contributed by atoms with Crippen molar-refractivity contribution >= 4 is 5.91 Å². The third-order valence-corrected chi connectivity index (χ3v) is 3.36. The second-order valence-electron chi connectivity index (χ2n) is 4.88. The maximum Gasteiger partial charge on any atom is 0.234 e. The molecule has 1 saturated carbocycles. The lowest BCUT2D eigenvalue weighted by Gasteiger charge is -2.22. The van der Waals surface area contributed by atoms with Gasteiger partial charge in [-0.2, -0.15) is 0 Å². The molecule has 1 aliphatic rings. The molecule has 100 valence electrons. The second kappa shape index (κ2) is 7.16. The molecule has 5 nitrogen and oxygen atoms in total. The highest BCUT2D eigenvalue weighted by atomic mass is 16.1. The van der Waals surface area contributed by atoms with E-state index in [9.17, 15) is 4.79 Å². The Balaban J connectivity index is 1.54. The quantitative estimate of drug-likeness (QED) is 0.738. The number of hydrogen-bond acceptors (Lipinski definition) is 3. The van der Waals surface area contributed by atoms with Gasteiger partial charge in [-0.1, -0.05) is 19.3 Å². The molecule has 18 heavy (non-hydrogen) atoms. The number of carbonyl (C=O) groups is 1. The highest BCUT2D eigenvalue weighted by Gasteiger charge is 2.14. The number of hydrogen-bond donors (Lipinski definition) is 2. The molecule has 1 aromatic heterocycles. The van der Waals surface area contributed by atoms with Crippen molar-refractivity contribution in [3.8, 4) is 0 Å². The lowest BCUT2D eigenvalue weighted by Crippen LogP contribution is -2.41. The molecule has 1 amide bonds. The van der Waals surface area contributed by atoms with Crippen molar-refractivity contribution in [1.29, 1.82) is 0 Å². The van der Waals surface area contributed by atoms with Crippen molar-refractivity contribution in [2.24, 2.45) is 0 Å². The fourth-order valence-electron chi connectivity index (χ4n) is 2.35. The van der Waals surface area contributed by atoms with Crippen molar-refractivity contribution < 1.29 is 4.79 Å². The summed E-state index contributed by atoms with van der Waals surface area (Å²) in [5.74, 6) is 0.118. The molecular weight excluding hydrogens is 228 g/mol. The summed E-state index contributed by atoms with van der Waals surface area (Å²) in [4.78, 5) is 15.6. The van der Waals surface area contributed by atoms with Crippen molar-refractivity contribution in [3.05, 3.63) is 18.7 Å². The lowest BCUT2D eigenvalue weighted by atomic mass is 9.95. The van der Waals surface area contributed by atoms with E-state index in [1.807, 2.05) is 10.8 Å². The average molecular weight is 250 g/mol. The van der Waals surface area contributed by atoms with E-state index in [4.69, 9.17) is 0 Å². The first kappa shape index (κ1) is 13.1. The van der Waals surface area contributed by atoms with Gasteiger partial charge in [0.1, 0.15) is 0 Å². The standard InChI is InChI=1S/C13H22N4O/c18-13(16-12-4-2-1-3-5-12)10-14-6-8-17-9-7-15-11-17/h7,9,11-12,14H,1-6,8,10H2,(H,16,18). The Morgan fingerprint density at radius 1 is 1.33 bits per heavy atom. The highest BCUT2D eigenvalue weighted by molar-refractivity contribution is 5.78. The predicted molar refractivity (Wildman–Crippen MR) is 70.1 cm³/mol. The van der Waals surface area contributed by atoms with Crippen LogP contribution in [0.15, 0.2) is 18.7 Å². The Labute approximate surface area is 108 Å². The summed E-state index contributed by atoms with van der Waals surface area (Å²) >= 11 is 0. The minimum Gasteiger partial charge on any atom is -0.352 e. The van der Waals surface area contributed by atoms with Crippen LogP contribution < -0.4 is 10.6 Å². The average Bonchev–Trinajstić information content (AvgIpc) is 2.89. The Bertz CT molecular complexity index is 344. The van der Waals surface area contributed by atoms with Crippen LogP contribution in [0.1, 0.15) is 32.1 Å². The maximum atomic E-state index is 11.7. The number of rotatable bonds is 6. The smallest absolute Gasteiger partial charge is 0.234 e. The fraction of sp³-hybridized carbons (Fsp3) is 0.692. The van der Waals surface area contributed by atoms with E-state index >= 15 is 0 Å². The third kappa shape index (κ3) is 4.49. The zero-order valence-electron chi connectivity index (χ0n) is 10.8. The molecule has 0 aliphatic heterocycles. The molecular formula is C13H22N4O. The number of carbonyl (C=O) groups excluding carboxylic acids is 1. The molecule has 1 aromatic rings. The van der Waals surface area contributed by atoms with Crippen LogP contribution in [0, 0.1) is 0 Å². The molecule has 0 saturated heterocycles. The Kier molecular flexibility index (Phi) is 5.20. The maximum absolute atomic E-state index is 11.7. The van der Waals surface area contributed by atoms with E-state index in [1.165, 1.54) is 19.3 Å². The molecule has 0 spiro atoms. The summed E-state index contributed by atoms with van der Waals surface area (Å²) in [5, 5.41) is 6.24. The first-order valence-corrected chi connectivity index (χ1v) is 6.80. The van der Waals surface area contributed by atoms with E-state index in [0.29, 0.717) is 12.6 Å². The molecule has 0 atom stereocenters. The van der Waals surface area contributed by atoms with Gasteiger partial charge < -0.3 is 15.2 Å². The van der Waals surface area contributed by atoms with Crippen molar-refractivity contribution in [2.75, 3.05) is 13.1 Å². The molecule has 1 fully saturated rings. The first-order chi connectivity index (χ1) is 8.84. The Morgan fingerprint density at radius 2 is 2.17 bits per heavy atom. The molecule has 1 heterocycles. The summed E-state index contributed by atoms with van der Waals surface area (Å²) in [6.07, 6.45) is 11.6. The summed E-state index contributed by atoms with van der Waals surface area (Å²) in [6, 6.07) is 0.404. The summed E-state index contributed by atoms with van der Waals surface area (Å²) in [5.41, 5.74) is 0. The van der Waals surface area contributed by atoms with Crippen LogP contribution in [0.3, 0.4) is 0 Å². The molecule has 0 unspecified atom stereocenters. The summed E-state index contributed by atoms with van der Waals surface area (Å²) < 4.78 is 1.99. The Hall–Kier alpha value is -1.36. The van der Waals surface area contributed by atoms with Crippen LogP contribution in [0.4, 0.5) is 0 Å². The van der Waals surface area contributed by atoms with E-state index in [2.05, 4.69) is 15.6 Å². The third-order valence-electron chi connectivity index (χ3n) is 3.36. The molecule has 0 aromatic carbocycles. The van der Waals surface area contributed by atoms with Gasteiger partial charge in [0.25, 0.3) is 0 Å². The van der Waals surface area contributed by atoms with Crippen LogP contribution in [0.25, 0.3) is 0 Å². The molecule has 2 N–H and O–H groups in total. The largest absolute Gasteiger partial charge is 0.352 e. The van der Waals surface area contributed by atoms with Gasteiger partial charge in [-0.05, 0) is 12.8 Å². The van der Waals surface area contributed by atoms with Crippen LogP contribution in [0.2, 0.25) is 0 Å². The molecule has 0 bridgehead atoms. The molecule has 5 heteroatoms. The van der Waals surface area contributed by atoms with Gasteiger partial charge in [0, 0.05) is 31.5 Å². The van der Waals surface area contributed by atoms with Gasteiger partial charge in [0.2, 0.25) is 5.91 Å². The number of imidazole rings is 1. The molecule has 0 radical (unpaired) electrons. The monoisotopic (exact) mass is 250 g/mol. The number of amides is 1. The van der Waals surface area contributed by atoms with Gasteiger partial charge in [-0.15, -0.1) is 0 Å². The summed E-state index contributed by atoms with van der Waals surface area (Å²) in [6.45, 7) is 2.04.